The van der Waals surface area contributed by atoms with E-state index in [4.69, 9.17) is 18.9 Å². The Balaban J connectivity index is 2.55. The van der Waals surface area contributed by atoms with E-state index >= 15 is 0 Å². The van der Waals surface area contributed by atoms with Gasteiger partial charge in [0.15, 0.2) is 17.3 Å². The van der Waals surface area contributed by atoms with Crippen molar-refractivity contribution in [2.75, 3.05) is 27.9 Å². The van der Waals surface area contributed by atoms with Gasteiger partial charge in [-0.15, -0.1) is 11.3 Å². The molecule has 1 aromatic carbocycles. The number of carbonyl (C=O) groups is 3. The van der Waals surface area contributed by atoms with Crippen LogP contribution in [0.1, 0.15) is 30.4 Å². The van der Waals surface area contributed by atoms with Crippen LogP contribution in [0.25, 0.3) is 10.1 Å². The normalized spacial score (nSPS) is 13.1. The fourth-order valence-electron chi connectivity index (χ4n) is 3.22. The zero-order chi connectivity index (χ0) is 21.7. The Morgan fingerprint density at radius 1 is 0.966 bits per heavy atom. The van der Waals surface area contributed by atoms with E-state index in [0.717, 1.165) is 10.1 Å². The molecule has 2 rings (SSSR count). The fraction of sp³-hybridized carbons (Fsp3) is 0.476. The van der Waals surface area contributed by atoms with Gasteiger partial charge in [-0.05, 0) is 30.4 Å². The molecular weight excluding hydrogens is 396 g/mol. The molecule has 29 heavy (non-hydrogen) atoms. The van der Waals surface area contributed by atoms with Crippen molar-refractivity contribution in [1.82, 2.24) is 0 Å². The predicted molar refractivity (Wildman–Crippen MR) is 110 cm³/mol. The van der Waals surface area contributed by atoms with Crippen molar-refractivity contribution in [3.05, 3.63) is 23.1 Å². The molecule has 2 aromatic rings. The largest absolute Gasteiger partial charge is 0.493 e. The van der Waals surface area contributed by atoms with E-state index in [9.17, 15) is 14.4 Å². The maximum absolute atomic E-state index is 13.3. The minimum atomic E-state index is -1.28. The SMILES string of the molecule is CCOC(=O)C(C(=O)c1cc2cc(OC)c(OC)cc2s1)C(C(=O)OC)C(C)C. The third kappa shape index (κ3) is 4.70. The van der Waals surface area contributed by atoms with Crippen LogP contribution in [0.5, 0.6) is 11.5 Å². The summed E-state index contributed by atoms with van der Waals surface area (Å²) in [5.41, 5.74) is 0. The summed E-state index contributed by atoms with van der Waals surface area (Å²) in [4.78, 5) is 38.7. The van der Waals surface area contributed by atoms with Crippen molar-refractivity contribution in [2.45, 2.75) is 20.8 Å². The third-order valence-electron chi connectivity index (χ3n) is 4.64. The molecule has 0 radical (unpaired) electrons. The number of Topliss-reactive ketones (excluding diaryl/α,β-unsaturated/α-hetero) is 1. The van der Waals surface area contributed by atoms with E-state index in [-0.39, 0.29) is 12.5 Å². The Kier molecular flexibility index (Phi) is 7.61. The third-order valence-corrected chi connectivity index (χ3v) is 5.75. The number of esters is 2. The lowest BCUT2D eigenvalue weighted by atomic mass is 9.80. The Hall–Kier alpha value is -2.61. The number of hydrogen-bond acceptors (Lipinski definition) is 8. The Labute approximate surface area is 173 Å². The van der Waals surface area contributed by atoms with Gasteiger partial charge in [0.25, 0.3) is 0 Å². The highest BCUT2D eigenvalue weighted by molar-refractivity contribution is 7.20. The number of thiophene rings is 1. The van der Waals surface area contributed by atoms with Gasteiger partial charge in [-0.3, -0.25) is 14.4 Å². The highest BCUT2D eigenvalue weighted by Gasteiger charge is 2.43. The Morgan fingerprint density at radius 2 is 1.59 bits per heavy atom. The van der Waals surface area contributed by atoms with Gasteiger partial charge in [0.05, 0.1) is 38.7 Å². The highest BCUT2D eigenvalue weighted by Crippen LogP contribution is 2.38. The van der Waals surface area contributed by atoms with E-state index in [1.165, 1.54) is 32.7 Å². The fourth-order valence-corrected chi connectivity index (χ4v) is 4.27. The average Bonchev–Trinajstić information content (AvgIpc) is 3.12. The standard InChI is InChI=1S/C21H26O7S/c1-7-28-21(24)18(17(11(2)3)20(23)27-6)19(22)16-9-12-8-13(25-4)14(26-5)10-15(12)29-16/h8-11,17-18H,7H2,1-6H3. The number of ketones is 1. The molecule has 0 fully saturated rings. The maximum Gasteiger partial charge on any atom is 0.317 e. The van der Waals surface area contributed by atoms with E-state index in [0.29, 0.717) is 16.4 Å². The van der Waals surface area contributed by atoms with Crippen LogP contribution in [-0.2, 0) is 19.1 Å². The van der Waals surface area contributed by atoms with E-state index < -0.39 is 29.6 Å². The van der Waals surface area contributed by atoms with Gasteiger partial charge < -0.3 is 18.9 Å². The summed E-state index contributed by atoms with van der Waals surface area (Å²) in [5.74, 6) is -3.25. The van der Waals surface area contributed by atoms with E-state index in [1.54, 1.807) is 39.0 Å². The van der Waals surface area contributed by atoms with Crippen LogP contribution in [-0.4, -0.2) is 45.7 Å². The number of benzene rings is 1. The van der Waals surface area contributed by atoms with E-state index in [2.05, 4.69) is 0 Å². The molecule has 0 amide bonds. The molecule has 0 N–H and O–H groups in total. The van der Waals surface area contributed by atoms with E-state index in [1.807, 2.05) is 0 Å². The molecule has 1 aromatic heterocycles. The lowest BCUT2D eigenvalue weighted by Gasteiger charge is -2.25. The first-order valence-corrected chi connectivity index (χ1v) is 10.0. The number of methoxy groups -OCH3 is 3. The first kappa shape index (κ1) is 22.7. The molecule has 0 aliphatic carbocycles. The zero-order valence-corrected chi connectivity index (χ0v) is 18.3. The average molecular weight is 422 g/mol. The summed E-state index contributed by atoms with van der Waals surface area (Å²) in [7, 11) is 4.30. The van der Waals surface area contributed by atoms with Crippen LogP contribution in [0.2, 0.25) is 0 Å². The van der Waals surface area contributed by atoms with Crippen molar-refractivity contribution in [2.24, 2.45) is 17.8 Å². The molecule has 0 spiro atoms. The summed E-state index contributed by atoms with van der Waals surface area (Å²) in [6.45, 7) is 5.29. The molecule has 0 aliphatic rings. The van der Waals surface area contributed by atoms with Crippen molar-refractivity contribution in [1.29, 1.82) is 0 Å². The van der Waals surface area contributed by atoms with Crippen LogP contribution in [0.4, 0.5) is 0 Å². The molecule has 8 heteroatoms. The molecule has 158 valence electrons. The molecule has 0 saturated heterocycles. The first-order chi connectivity index (χ1) is 13.8. The minimum absolute atomic E-state index is 0.107. The quantitative estimate of drug-likeness (QED) is 0.346. The predicted octanol–water partition coefficient (Wildman–Crippen LogP) is 3.73. The molecule has 0 saturated carbocycles. The molecule has 2 atom stereocenters. The van der Waals surface area contributed by atoms with Gasteiger partial charge in [-0.1, -0.05) is 13.8 Å². The number of hydrogen-bond donors (Lipinski definition) is 0. The monoisotopic (exact) mass is 422 g/mol. The molecule has 0 bridgehead atoms. The van der Waals surface area contributed by atoms with Gasteiger partial charge in [0.1, 0.15) is 5.92 Å². The summed E-state index contributed by atoms with van der Waals surface area (Å²) >= 11 is 1.22. The molecule has 7 nitrogen and oxygen atoms in total. The topological polar surface area (TPSA) is 88.1 Å². The summed E-state index contributed by atoms with van der Waals surface area (Å²) in [6.07, 6.45) is 0. The lowest BCUT2D eigenvalue weighted by molar-refractivity contribution is -0.158. The lowest BCUT2D eigenvalue weighted by Crippen LogP contribution is -2.40. The highest BCUT2D eigenvalue weighted by atomic mass is 32.1. The zero-order valence-electron chi connectivity index (χ0n) is 17.4. The van der Waals surface area contributed by atoms with Crippen LogP contribution in [0.15, 0.2) is 18.2 Å². The molecule has 0 aliphatic heterocycles. The number of rotatable bonds is 9. The van der Waals surface area contributed by atoms with Gasteiger partial charge in [0.2, 0.25) is 0 Å². The van der Waals surface area contributed by atoms with Gasteiger partial charge in [-0.25, -0.2) is 0 Å². The second-order valence-corrected chi connectivity index (χ2v) is 7.83. The van der Waals surface area contributed by atoms with Crippen LogP contribution in [0.3, 0.4) is 0 Å². The number of ether oxygens (including phenoxy) is 4. The van der Waals surface area contributed by atoms with Crippen molar-refractivity contribution >= 4 is 39.1 Å². The maximum atomic E-state index is 13.3. The molecular formula is C21H26O7S. The van der Waals surface area contributed by atoms with Gasteiger partial charge >= 0.3 is 11.9 Å². The molecule has 2 unspecified atom stereocenters. The van der Waals surface area contributed by atoms with Crippen molar-refractivity contribution < 1.29 is 33.3 Å². The van der Waals surface area contributed by atoms with Crippen LogP contribution >= 0.6 is 11.3 Å². The van der Waals surface area contributed by atoms with Gasteiger partial charge in [0, 0.05) is 10.8 Å². The van der Waals surface area contributed by atoms with Crippen molar-refractivity contribution in [3.8, 4) is 11.5 Å². The van der Waals surface area contributed by atoms with Crippen LogP contribution in [0, 0.1) is 17.8 Å². The Morgan fingerprint density at radius 3 is 2.10 bits per heavy atom. The van der Waals surface area contributed by atoms with Crippen LogP contribution < -0.4 is 9.47 Å². The Bertz CT molecular complexity index is 859. The second kappa shape index (κ2) is 9.73. The minimum Gasteiger partial charge on any atom is -0.493 e. The summed E-state index contributed by atoms with van der Waals surface area (Å²) in [5, 5.41) is 0.776. The number of fused-ring (bicyclic) bond motifs is 1. The van der Waals surface area contributed by atoms with Crippen molar-refractivity contribution in [3.63, 3.8) is 0 Å². The summed E-state index contributed by atoms with van der Waals surface area (Å²) < 4.78 is 21.4. The first-order valence-electron chi connectivity index (χ1n) is 9.23. The number of carbonyl (C=O) groups excluding carboxylic acids is 3. The molecule has 1 heterocycles. The summed E-state index contributed by atoms with van der Waals surface area (Å²) in [6, 6.07) is 5.22. The van der Waals surface area contributed by atoms with Gasteiger partial charge in [-0.2, -0.15) is 0 Å². The second-order valence-electron chi connectivity index (χ2n) is 6.74. The smallest absolute Gasteiger partial charge is 0.317 e.